The van der Waals surface area contributed by atoms with Crippen LogP contribution in [0.2, 0.25) is 0 Å². The van der Waals surface area contributed by atoms with Crippen molar-refractivity contribution in [1.82, 2.24) is 10.2 Å². The molecule has 7 heteroatoms. The van der Waals surface area contributed by atoms with Crippen LogP contribution in [0.1, 0.15) is 24.8 Å². The predicted molar refractivity (Wildman–Crippen MR) is 121 cm³/mol. The van der Waals surface area contributed by atoms with E-state index in [1.807, 2.05) is 25.2 Å². The van der Waals surface area contributed by atoms with Crippen LogP contribution >= 0.6 is 11.3 Å². The summed E-state index contributed by atoms with van der Waals surface area (Å²) in [6, 6.07) is 12.4. The van der Waals surface area contributed by atoms with Gasteiger partial charge < -0.3 is 20.4 Å². The van der Waals surface area contributed by atoms with Crippen LogP contribution in [0.4, 0.5) is 10.7 Å². The van der Waals surface area contributed by atoms with E-state index in [4.69, 9.17) is 0 Å². The van der Waals surface area contributed by atoms with Gasteiger partial charge >= 0.3 is 0 Å². The molecule has 1 aromatic carbocycles. The minimum atomic E-state index is 0.154. The van der Waals surface area contributed by atoms with Gasteiger partial charge in [-0.3, -0.25) is 9.79 Å². The molecular weight excluding hydrogens is 382 g/mol. The molecule has 0 spiro atoms. The second kappa shape index (κ2) is 9.31. The molecule has 1 amide bonds. The first-order valence-electron chi connectivity index (χ1n) is 10.4. The Morgan fingerprint density at radius 3 is 2.66 bits per heavy atom. The standard InChI is InChI=1S/C22H29N5OS/c1-23-22(27-12-10-26(11-13-27)20-9-4-14-29-20)24-16-17-5-2-8-19(15-17)25-21(28)18-6-3-7-18/h2,4-5,8-9,14-15,18H,3,6-7,10-13,16H2,1H3,(H,23,24)(H,25,28). The molecule has 1 saturated carbocycles. The zero-order valence-corrected chi connectivity index (χ0v) is 17.8. The molecular formula is C22H29N5OS. The van der Waals surface area contributed by atoms with Gasteiger partial charge in [-0.25, -0.2) is 0 Å². The van der Waals surface area contributed by atoms with Gasteiger partial charge in [0.1, 0.15) is 0 Å². The van der Waals surface area contributed by atoms with Gasteiger partial charge in [0, 0.05) is 51.4 Å². The number of guanidine groups is 1. The number of nitrogens with one attached hydrogen (secondary N) is 2. The maximum Gasteiger partial charge on any atom is 0.227 e. The number of nitrogens with zero attached hydrogens (tertiary/aromatic N) is 3. The van der Waals surface area contributed by atoms with Gasteiger partial charge in [-0.1, -0.05) is 18.6 Å². The molecule has 2 aliphatic rings. The van der Waals surface area contributed by atoms with Gasteiger partial charge in [0.2, 0.25) is 5.91 Å². The third kappa shape index (κ3) is 4.90. The van der Waals surface area contributed by atoms with Crippen molar-refractivity contribution in [1.29, 1.82) is 0 Å². The number of carbonyl (C=O) groups is 1. The molecule has 1 saturated heterocycles. The smallest absolute Gasteiger partial charge is 0.227 e. The lowest BCUT2D eigenvalue weighted by molar-refractivity contribution is -0.122. The van der Waals surface area contributed by atoms with Gasteiger partial charge in [-0.05, 0) is 48.1 Å². The fourth-order valence-corrected chi connectivity index (χ4v) is 4.56. The lowest BCUT2D eigenvalue weighted by Gasteiger charge is -2.37. The quantitative estimate of drug-likeness (QED) is 0.585. The van der Waals surface area contributed by atoms with E-state index in [9.17, 15) is 4.79 Å². The molecule has 1 aromatic heterocycles. The molecule has 0 unspecified atom stereocenters. The Morgan fingerprint density at radius 2 is 2.00 bits per heavy atom. The lowest BCUT2D eigenvalue weighted by atomic mass is 9.85. The molecule has 0 atom stereocenters. The number of carbonyl (C=O) groups excluding carboxylic acids is 1. The van der Waals surface area contributed by atoms with Crippen molar-refractivity contribution >= 4 is 33.9 Å². The summed E-state index contributed by atoms with van der Waals surface area (Å²) in [6.45, 7) is 4.60. The molecule has 29 heavy (non-hydrogen) atoms. The zero-order chi connectivity index (χ0) is 20.1. The van der Waals surface area contributed by atoms with Crippen molar-refractivity contribution in [2.75, 3.05) is 43.4 Å². The predicted octanol–water partition coefficient (Wildman–Crippen LogP) is 3.38. The van der Waals surface area contributed by atoms with Crippen LogP contribution in [0.5, 0.6) is 0 Å². The third-order valence-electron chi connectivity index (χ3n) is 5.73. The van der Waals surface area contributed by atoms with E-state index in [-0.39, 0.29) is 11.8 Å². The molecule has 2 N–H and O–H groups in total. The van der Waals surface area contributed by atoms with Crippen LogP contribution in [0.25, 0.3) is 0 Å². The third-order valence-corrected chi connectivity index (χ3v) is 6.66. The second-order valence-electron chi connectivity index (χ2n) is 7.64. The molecule has 2 aromatic rings. The fourth-order valence-electron chi connectivity index (χ4n) is 3.78. The van der Waals surface area contributed by atoms with Crippen LogP contribution in [0.15, 0.2) is 46.8 Å². The van der Waals surface area contributed by atoms with E-state index in [0.717, 1.165) is 56.2 Å². The monoisotopic (exact) mass is 411 g/mol. The number of benzene rings is 1. The van der Waals surface area contributed by atoms with Gasteiger partial charge in [-0.2, -0.15) is 0 Å². The van der Waals surface area contributed by atoms with Crippen molar-refractivity contribution in [3.63, 3.8) is 0 Å². The maximum atomic E-state index is 12.2. The molecule has 2 heterocycles. The van der Waals surface area contributed by atoms with Crippen molar-refractivity contribution in [3.05, 3.63) is 47.3 Å². The van der Waals surface area contributed by atoms with Crippen LogP contribution in [0.3, 0.4) is 0 Å². The molecule has 2 fully saturated rings. The summed E-state index contributed by atoms with van der Waals surface area (Å²) in [4.78, 5) is 21.4. The van der Waals surface area contributed by atoms with E-state index in [1.54, 1.807) is 11.3 Å². The maximum absolute atomic E-state index is 12.2. The summed E-state index contributed by atoms with van der Waals surface area (Å²) in [6.07, 6.45) is 3.20. The first kappa shape index (κ1) is 19.8. The highest BCUT2D eigenvalue weighted by atomic mass is 32.1. The van der Waals surface area contributed by atoms with Gasteiger partial charge in [0.15, 0.2) is 5.96 Å². The van der Waals surface area contributed by atoms with Gasteiger partial charge in [-0.15, -0.1) is 11.3 Å². The molecule has 0 bridgehead atoms. The largest absolute Gasteiger partial charge is 0.360 e. The number of hydrogen-bond acceptors (Lipinski definition) is 4. The highest BCUT2D eigenvalue weighted by Gasteiger charge is 2.25. The Bertz CT molecular complexity index is 839. The highest BCUT2D eigenvalue weighted by molar-refractivity contribution is 7.14. The van der Waals surface area contributed by atoms with Gasteiger partial charge in [0.05, 0.1) is 5.00 Å². The van der Waals surface area contributed by atoms with E-state index in [2.05, 4.69) is 49.0 Å². The Kier molecular flexibility index (Phi) is 6.34. The fraction of sp³-hybridized carbons (Fsp3) is 0.455. The molecule has 1 aliphatic carbocycles. The van der Waals surface area contributed by atoms with Crippen molar-refractivity contribution in [3.8, 4) is 0 Å². The normalized spacial score (nSPS) is 17.8. The Labute approximate surface area is 176 Å². The summed E-state index contributed by atoms with van der Waals surface area (Å²) in [5, 5.41) is 10.0. The summed E-state index contributed by atoms with van der Waals surface area (Å²) in [5.74, 6) is 1.28. The lowest BCUT2D eigenvalue weighted by Crippen LogP contribution is -2.52. The number of anilines is 2. The number of piperazine rings is 1. The first-order chi connectivity index (χ1) is 14.2. The molecule has 0 radical (unpaired) electrons. The van der Waals surface area contributed by atoms with E-state index < -0.39 is 0 Å². The minimum absolute atomic E-state index is 0.154. The van der Waals surface area contributed by atoms with Crippen molar-refractivity contribution < 1.29 is 4.79 Å². The first-order valence-corrected chi connectivity index (χ1v) is 11.2. The SMILES string of the molecule is CN=C(NCc1cccc(NC(=O)C2CCC2)c1)N1CCN(c2cccs2)CC1. The number of hydrogen-bond donors (Lipinski definition) is 2. The number of amides is 1. The molecule has 154 valence electrons. The summed E-state index contributed by atoms with van der Waals surface area (Å²) in [5.41, 5.74) is 2.01. The van der Waals surface area contributed by atoms with Crippen LogP contribution < -0.4 is 15.5 Å². The van der Waals surface area contributed by atoms with Crippen molar-refractivity contribution in [2.45, 2.75) is 25.8 Å². The Balaban J connectivity index is 1.28. The zero-order valence-electron chi connectivity index (χ0n) is 16.9. The van der Waals surface area contributed by atoms with Crippen LogP contribution in [-0.4, -0.2) is 50.0 Å². The number of aliphatic imine (C=N–C) groups is 1. The van der Waals surface area contributed by atoms with E-state index >= 15 is 0 Å². The Hall–Kier alpha value is -2.54. The van der Waals surface area contributed by atoms with E-state index in [0.29, 0.717) is 6.54 Å². The summed E-state index contributed by atoms with van der Waals surface area (Å²) in [7, 11) is 1.84. The molecule has 4 rings (SSSR count). The summed E-state index contributed by atoms with van der Waals surface area (Å²) < 4.78 is 0. The summed E-state index contributed by atoms with van der Waals surface area (Å²) >= 11 is 1.80. The molecule has 6 nitrogen and oxygen atoms in total. The average molecular weight is 412 g/mol. The average Bonchev–Trinajstić information content (AvgIpc) is 3.23. The minimum Gasteiger partial charge on any atom is -0.360 e. The van der Waals surface area contributed by atoms with Crippen LogP contribution in [-0.2, 0) is 11.3 Å². The van der Waals surface area contributed by atoms with E-state index in [1.165, 1.54) is 11.4 Å². The Morgan fingerprint density at radius 1 is 1.17 bits per heavy atom. The number of thiophene rings is 1. The second-order valence-corrected chi connectivity index (χ2v) is 8.57. The van der Waals surface area contributed by atoms with Gasteiger partial charge in [0.25, 0.3) is 0 Å². The topological polar surface area (TPSA) is 60.0 Å². The highest BCUT2D eigenvalue weighted by Crippen LogP contribution is 2.27. The molecule has 1 aliphatic heterocycles. The number of rotatable bonds is 5. The van der Waals surface area contributed by atoms with Crippen LogP contribution in [0, 0.1) is 5.92 Å². The van der Waals surface area contributed by atoms with Crippen molar-refractivity contribution in [2.24, 2.45) is 10.9 Å².